The highest BCUT2D eigenvalue weighted by molar-refractivity contribution is 5.61. The van der Waals surface area contributed by atoms with Crippen LogP contribution in [0, 0.1) is 45.6 Å². The summed E-state index contributed by atoms with van der Waals surface area (Å²) in [7, 11) is 0. The van der Waals surface area contributed by atoms with Crippen LogP contribution in [0.3, 0.4) is 0 Å². The molecule has 5 aliphatic rings. The van der Waals surface area contributed by atoms with Gasteiger partial charge in [0.15, 0.2) is 0 Å². The van der Waals surface area contributed by atoms with Crippen LogP contribution in [0.25, 0.3) is 0 Å². The molecule has 104 valence electrons. The van der Waals surface area contributed by atoms with E-state index in [9.17, 15) is 14.9 Å². The molecule has 5 aliphatic carbocycles. The lowest BCUT2D eigenvalue weighted by atomic mass is 10.0. The van der Waals surface area contributed by atoms with Gasteiger partial charge in [0, 0.05) is 12.1 Å². The van der Waals surface area contributed by atoms with Crippen molar-refractivity contribution in [2.24, 2.45) is 35.5 Å². The zero-order valence-electron chi connectivity index (χ0n) is 10.5. The second kappa shape index (κ2) is 3.71. The number of carboxylic acid groups (broad SMARTS) is 1. The van der Waals surface area contributed by atoms with Crippen molar-refractivity contribution in [2.75, 3.05) is 0 Å². The Morgan fingerprint density at radius 3 is 1.95 bits per heavy atom. The number of non-ortho nitro benzene ring substituents is 1. The van der Waals surface area contributed by atoms with E-state index >= 15 is 0 Å². The molecule has 1 N–H and O–H groups in total. The summed E-state index contributed by atoms with van der Waals surface area (Å²) in [6, 6.07) is 4.76. The smallest absolute Gasteiger partial charge is 0.449 e. The van der Waals surface area contributed by atoms with E-state index < -0.39 is 11.1 Å². The Kier molecular flexibility index (Phi) is 2.17. The third kappa shape index (κ3) is 1.54. The molecule has 5 saturated carbocycles. The van der Waals surface area contributed by atoms with Gasteiger partial charge in [-0.2, -0.15) is 0 Å². The van der Waals surface area contributed by atoms with Crippen LogP contribution in [0.2, 0.25) is 0 Å². The summed E-state index contributed by atoms with van der Waals surface area (Å²) in [6.45, 7) is 0. The van der Waals surface area contributed by atoms with Gasteiger partial charge in [0.2, 0.25) is 0 Å². The van der Waals surface area contributed by atoms with Gasteiger partial charge in [0.1, 0.15) is 5.75 Å². The maximum atomic E-state index is 10.2. The summed E-state index contributed by atoms with van der Waals surface area (Å²) in [4.78, 5) is 19.6. The van der Waals surface area contributed by atoms with E-state index in [2.05, 4.69) is 4.74 Å². The van der Waals surface area contributed by atoms with Crippen LogP contribution in [-0.4, -0.2) is 16.2 Å². The van der Waals surface area contributed by atoms with Gasteiger partial charge in [-0.3, -0.25) is 10.1 Å². The average Bonchev–Trinajstić information content (AvgIpc) is 3.04. The molecule has 0 heterocycles. The minimum absolute atomic E-state index is 0.0538. The molecule has 0 aromatic heterocycles. The summed E-state index contributed by atoms with van der Waals surface area (Å²) < 4.78 is 4.24. The summed E-state index contributed by atoms with van der Waals surface area (Å²) >= 11 is 0. The maximum Gasteiger partial charge on any atom is 0.511 e. The number of nitrogens with zero attached hydrogens (tertiary/aromatic N) is 1. The number of rotatable bonds is 2. The van der Waals surface area contributed by atoms with Crippen molar-refractivity contribution in [2.45, 2.75) is 6.42 Å². The summed E-state index contributed by atoms with van der Waals surface area (Å²) in [5.41, 5.74) is -0.113. The van der Waals surface area contributed by atoms with Gasteiger partial charge in [-0.1, -0.05) is 0 Å². The Hall–Kier alpha value is -2.11. The highest BCUT2D eigenvalue weighted by Gasteiger charge is 2.87. The van der Waals surface area contributed by atoms with E-state index in [1.165, 1.54) is 47.6 Å². The largest absolute Gasteiger partial charge is 0.511 e. The topological polar surface area (TPSA) is 89.7 Å². The van der Waals surface area contributed by atoms with Gasteiger partial charge in [-0.15, -0.1) is 0 Å². The van der Waals surface area contributed by atoms with Crippen molar-refractivity contribution in [1.82, 2.24) is 0 Å². The fourth-order valence-electron chi connectivity index (χ4n) is 4.56. The van der Waals surface area contributed by atoms with Crippen molar-refractivity contribution in [1.29, 1.82) is 0 Å². The number of nitro benzene ring substituents is 1. The normalized spacial score (nSPS) is 39.6. The van der Waals surface area contributed by atoms with Crippen LogP contribution < -0.4 is 4.74 Å². The number of benzene rings is 1. The van der Waals surface area contributed by atoms with Gasteiger partial charge < -0.3 is 9.84 Å². The molecule has 6 rings (SSSR count). The van der Waals surface area contributed by atoms with Crippen molar-refractivity contribution < 1.29 is 19.6 Å². The number of carbonyl (C=O) groups is 1. The Balaban J connectivity index is 0.000000121. The van der Waals surface area contributed by atoms with E-state index in [1.807, 2.05) is 0 Å². The molecule has 6 nitrogen and oxygen atoms in total. The molecule has 5 fully saturated rings. The third-order valence-corrected chi connectivity index (χ3v) is 5.27. The molecule has 0 aliphatic heterocycles. The number of nitro groups is 1. The third-order valence-electron chi connectivity index (χ3n) is 5.27. The van der Waals surface area contributed by atoms with E-state index in [0.717, 1.165) is 12.1 Å². The minimum atomic E-state index is -1.45. The predicted molar refractivity (Wildman–Crippen MR) is 67.3 cm³/mol. The highest BCUT2D eigenvalue weighted by atomic mass is 16.7. The lowest BCUT2D eigenvalue weighted by Gasteiger charge is -2.03. The Morgan fingerprint density at radius 2 is 1.65 bits per heavy atom. The van der Waals surface area contributed by atoms with Gasteiger partial charge in [0.25, 0.3) is 5.69 Å². The average molecular weight is 275 g/mol. The number of hydrogen-bond donors (Lipinski definition) is 1. The second-order valence-corrected chi connectivity index (χ2v) is 5.99. The molecular weight excluding hydrogens is 262 g/mol. The van der Waals surface area contributed by atoms with Crippen LogP contribution in [0.4, 0.5) is 10.5 Å². The molecule has 6 heteroatoms. The fourth-order valence-corrected chi connectivity index (χ4v) is 4.56. The fraction of sp³-hybridized carbons (Fsp3) is 0.500. The zero-order chi connectivity index (χ0) is 14.0. The molecule has 1 aromatic rings. The van der Waals surface area contributed by atoms with E-state index in [1.54, 1.807) is 6.42 Å². The molecule has 2 bridgehead atoms. The molecule has 0 unspecified atom stereocenters. The molecule has 0 spiro atoms. The van der Waals surface area contributed by atoms with Gasteiger partial charge in [0.05, 0.1) is 4.92 Å². The highest BCUT2D eigenvalue weighted by Crippen LogP contribution is 2.92. The van der Waals surface area contributed by atoms with Gasteiger partial charge in [-0.05, 0) is 54.1 Å². The molecule has 20 heavy (non-hydrogen) atoms. The van der Waals surface area contributed by atoms with E-state index in [-0.39, 0.29) is 11.4 Å². The van der Waals surface area contributed by atoms with Crippen molar-refractivity contribution >= 4 is 11.8 Å². The standard InChI is InChI=1S/C7H5NO5.C7H8/c9-7(10)13-6-3-1-5(2-4-6)8(11)12;1-2-4-5(2)7-3(1)6(4)7/h1-4H,(H,9,10);2-7H,1H2. The molecule has 0 atom stereocenters. The summed E-state index contributed by atoms with van der Waals surface area (Å²) in [5.74, 6) is 7.90. The van der Waals surface area contributed by atoms with Crippen molar-refractivity contribution in [3.8, 4) is 5.75 Å². The van der Waals surface area contributed by atoms with E-state index in [4.69, 9.17) is 5.11 Å². The summed E-state index contributed by atoms with van der Waals surface area (Å²) in [5, 5.41) is 18.4. The minimum Gasteiger partial charge on any atom is -0.449 e. The zero-order valence-corrected chi connectivity index (χ0v) is 10.5. The van der Waals surface area contributed by atoms with E-state index in [0.29, 0.717) is 0 Å². The van der Waals surface area contributed by atoms with Gasteiger partial charge >= 0.3 is 6.16 Å². The lowest BCUT2D eigenvalue weighted by molar-refractivity contribution is -0.384. The van der Waals surface area contributed by atoms with Crippen LogP contribution >= 0.6 is 0 Å². The number of hydrogen-bond acceptors (Lipinski definition) is 4. The molecule has 0 amide bonds. The van der Waals surface area contributed by atoms with Crippen molar-refractivity contribution in [3.05, 3.63) is 34.4 Å². The van der Waals surface area contributed by atoms with Crippen LogP contribution in [0.15, 0.2) is 24.3 Å². The first kappa shape index (κ1) is 11.7. The first-order valence-corrected chi connectivity index (χ1v) is 6.73. The first-order valence-electron chi connectivity index (χ1n) is 6.73. The van der Waals surface area contributed by atoms with Gasteiger partial charge in [-0.25, -0.2) is 4.79 Å². The van der Waals surface area contributed by atoms with Crippen molar-refractivity contribution in [3.63, 3.8) is 0 Å². The number of ether oxygens (including phenoxy) is 1. The maximum absolute atomic E-state index is 10.2. The Morgan fingerprint density at radius 1 is 1.15 bits per heavy atom. The van der Waals surface area contributed by atoms with Crippen LogP contribution in [-0.2, 0) is 0 Å². The molecule has 0 saturated heterocycles. The molecular formula is C14H13NO5. The predicted octanol–water partition coefficient (Wildman–Crippen LogP) is 2.78. The SMILES string of the molecule is C1C2C3C2C2C1C32.O=C(O)Oc1ccc([N+](=O)[O-])cc1. The van der Waals surface area contributed by atoms with Crippen LogP contribution in [0.5, 0.6) is 5.75 Å². The Bertz CT molecular complexity index is 537. The summed E-state index contributed by atoms with van der Waals surface area (Å²) in [6.07, 6.45) is 0.207. The first-order chi connectivity index (χ1) is 9.58. The Labute approximate surface area is 114 Å². The molecule has 0 radical (unpaired) electrons. The second-order valence-electron chi connectivity index (χ2n) is 5.99. The quantitative estimate of drug-likeness (QED) is 0.388. The van der Waals surface area contributed by atoms with Crippen LogP contribution in [0.1, 0.15) is 6.42 Å². The lowest BCUT2D eigenvalue weighted by Crippen LogP contribution is -2.02. The monoisotopic (exact) mass is 275 g/mol. The molecule has 1 aromatic carbocycles.